The predicted octanol–water partition coefficient (Wildman–Crippen LogP) is 4.55. The van der Waals surface area contributed by atoms with Gasteiger partial charge in [0.05, 0.1) is 12.2 Å². The smallest absolute Gasteiger partial charge is 0.0717 e. The van der Waals surface area contributed by atoms with E-state index < -0.39 is 0 Å². The van der Waals surface area contributed by atoms with Gasteiger partial charge in [-0.3, -0.25) is 0 Å². The molecule has 0 aromatic carbocycles. The molecule has 3 atom stereocenters. The van der Waals surface area contributed by atoms with Crippen molar-refractivity contribution in [2.24, 2.45) is 0 Å². The lowest BCUT2D eigenvalue weighted by Gasteiger charge is -2.21. The van der Waals surface area contributed by atoms with Gasteiger partial charge in [-0.05, 0) is 25.8 Å². The summed E-state index contributed by atoms with van der Waals surface area (Å²) < 4.78 is 0. The molecule has 0 spiro atoms. The molecule has 0 saturated carbocycles. The van der Waals surface area contributed by atoms with Crippen molar-refractivity contribution in [3.8, 4) is 0 Å². The molecule has 23 heavy (non-hydrogen) atoms. The Morgan fingerprint density at radius 1 is 0.870 bits per heavy atom. The van der Waals surface area contributed by atoms with E-state index in [0.29, 0.717) is 6.42 Å². The lowest BCUT2D eigenvalue weighted by Crippen LogP contribution is -2.37. The topological polar surface area (TPSA) is 52.5 Å². The first-order valence-electron chi connectivity index (χ1n) is 10.3. The van der Waals surface area contributed by atoms with E-state index in [1.807, 2.05) is 0 Å². The summed E-state index contributed by atoms with van der Waals surface area (Å²) in [6.45, 7) is 3.28. The molecule has 0 bridgehead atoms. The Morgan fingerprint density at radius 2 is 1.43 bits per heavy atom. The second-order valence-corrected chi connectivity index (χ2v) is 7.48. The van der Waals surface area contributed by atoms with Crippen LogP contribution >= 0.6 is 0 Å². The zero-order chi connectivity index (χ0) is 16.8. The molecule has 3 N–H and O–H groups in total. The van der Waals surface area contributed by atoms with Crippen LogP contribution in [0.1, 0.15) is 103 Å². The van der Waals surface area contributed by atoms with E-state index in [0.717, 1.165) is 32.2 Å². The fraction of sp³-hybridized carbons (Fsp3) is 1.00. The summed E-state index contributed by atoms with van der Waals surface area (Å²) in [7, 11) is 0. The van der Waals surface area contributed by atoms with Crippen molar-refractivity contribution in [2.45, 2.75) is 121 Å². The normalized spacial score (nSPS) is 20.7. The number of aliphatic hydroxyl groups excluding tert-OH is 2. The maximum atomic E-state index is 10.1. The van der Waals surface area contributed by atoms with Crippen LogP contribution in [-0.2, 0) is 0 Å². The summed E-state index contributed by atoms with van der Waals surface area (Å²) in [5.74, 6) is 0. The SMILES string of the molecule is CCCCCCCCCCCCCC(O)CC(O)[C@@H]1CCCN1. The fourth-order valence-corrected chi connectivity index (χ4v) is 3.64. The van der Waals surface area contributed by atoms with Crippen molar-refractivity contribution in [2.75, 3.05) is 6.54 Å². The minimum atomic E-state index is -0.375. The van der Waals surface area contributed by atoms with Crippen LogP contribution in [0.25, 0.3) is 0 Å². The highest BCUT2D eigenvalue weighted by molar-refractivity contribution is 4.82. The van der Waals surface area contributed by atoms with Crippen LogP contribution in [-0.4, -0.2) is 35.0 Å². The van der Waals surface area contributed by atoms with Crippen LogP contribution in [0, 0.1) is 0 Å². The maximum absolute atomic E-state index is 10.1. The first-order valence-corrected chi connectivity index (χ1v) is 10.3. The molecule has 0 aromatic rings. The van der Waals surface area contributed by atoms with E-state index in [1.165, 1.54) is 64.2 Å². The van der Waals surface area contributed by atoms with Gasteiger partial charge in [-0.15, -0.1) is 0 Å². The maximum Gasteiger partial charge on any atom is 0.0717 e. The Kier molecular flexibility index (Phi) is 13.0. The molecular weight excluding hydrogens is 286 g/mol. The lowest BCUT2D eigenvalue weighted by atomic mass is 9.99. The monoisotopic (exact) mass is 327 g/mol. The Balaban J connectivity index is 1.83. The van der Waals surface area contributed by atoms with E-state index in [9.17, 15) is 10.2 Å². The van der Waals surface area contributed by atoms with Crippen molar-refractivity contribution in [1.29, 1.82) is 0 Å². The molecule has 0 aromatic heterocycles. The van der Waals surface area contributed by atoms with Crippen molar-refractivity contribution in [3.05, 3.63) is 0 Å². The van der Waals surface area contributed by atoms with Gasteiger partial charge in [0, 0.05) is 12.5 Å². The van der Waals surface area contributed by atoms with Crippen LogP contribution in [0.15, 0.2) is 0 Å². The molecule has 3 heteroatoms. The van der Waals surface area contributed by atoms with Crippen LogP contribution in [0.4, 0.5) is 0 Å². The quantitative estimate of drug-likeness (QED) is 0.387. The zero-order valence-corrected chi connectivity index (χ0v) is 15.4. The Bertz CT molecular complexity index is 254. The van der Waals surface area contributed by atoms with Crippen molar-refractivity contribution in [3.63, 3.8) is 0 Å². The number of rotatable bonds is 15. The van der Waals surface area contributed by atoms with Crippen LogP contribution in [0.2, 0.25) is 0 Å². The summed E-state index contributed by atoms with van der Waals surface area (Å²) in [6, 6.07) is 0.210. The number of hydrogen-bond donors (Lipinski definition) is 3. The number of hydrogen-bond acceptors (Lipinski definition) is 3. The highest BCUT2D eigenvalue weighted by Crippen LogP contribution is 2.17. The van der Waals surface area contributed by atoms with E-state index in [2.05, 4.69) is 12.2 Å². The highest BCUT2D eigenvalue weighted by Gasteiger charge is 2.24. The standard InChI is InChI=1S/C20H41NO2/c1-2-3-4-5-6-7-8-9-10-11-12-14-18(22)17-20(23)19-15-13-16-21-19/h18-23H,2-17H2,1H3/t18?,19-,20?/m0/s1. The molecule has 138 valence electrons. The number of unbranched alkanes of at least 4 members (excludes halogenated alkanes) is 10. The summed E-state index contributed by atoms with van der Waals surface area (Å²) in [5.41, 5.74) is 0. The molecule has 0 radical (unpaired) electrons. The average molecular weight is 328 g/mol. The van der Waals surface area contributed by atoms with Crippen LogP contribution in [0.3, 0.4) is 0 Å². The van der Waals surface area contributed by atoms with Gasteiger partial charge >= 0.3 is 0 Å². The minimum absolute atomic E-state index is 0.210. The fourth-order valence-electron chi connectivity index (χ4n) is 3.64. The molecule has 1 rings (SSSR count). The molecule has 1 saturated heterocycles. The van der Waals surface area contributed by atoms with E-state index in [1.54, 1.807) is 0 Å². The summed E-state index contributed by atoms with van der Waals surface area (Å²) >= 11 is 0. The number of nitrogens with one attached hydrogen (secondary N) is 1. The predicted molar refractivity (Wildman–Crippen MR) is 98.7 cm³/mol. The van der Waals surface area contributed by atoms with Crippen molar-refractivity contribution in [1.82, 2.24) is 5.32 Å². The molecule has 1 heterocycles. The van der Waals surface area contributed by atoms with Gasteiger partial charge in [0.1, 0.15) is 0 Å². The number of aliphatic hydroxyl groups is 2. The van der Waals surface area contributed by atoms with Gasteiger partial charge in [0.15, 0.2) is 0 Å². The summed E-state index contributed by atoms with van der Waals surface area (Å²) in [4.78, 5) is 0. The molecular formula is C20H41NO2. The van der Waals surface area contributed by atoms with E-state index >= 15 is 0 Å². The molecule has 1 aliphatic heterocycles. The third-order valence-corrected chi connectivity index (χ3v) is 5.22. The molecule has 1 aliphatic rings. The second-order valence-electron chi connectivity index (χ2n) is 7.48. The van der Waals surface area contributed by atoms with Crippen LogP contribution in [0.5, 0.6) is 0 Å². The third-order valence-electron chi connectivity index (χ3n) is 5.22. The van der Waals surface area contributed by atoms with Gasteiger partial charge in [-0.25, -0.2) is 0 Å². The molecule has 1 fully saturated rings. The highest BCUT2D eigenvalue weighted by atomic mass is 16.3. The van der Waals surface area contributed by atoms with Gasteiger partial charge in [0.25, 0.3) is 0 Å². The van der Waals surface area contributed by atoms with Gasteiger partial charge in [0.2, 0.25) is 0 Å². The molecule has 0 amide bonds. The molecule has 2 unspecified atom stereocenters. The Labute approximate surface area is 144 Å². The largest absolute Gasteiger partial charge is 0.393 e. The second kappa shape index (κ2) is 14.2. The van der Waals surface area contributed by atoms with Crippen molar-refractivity contribution < 1.29 is 10.2 Å². The van der Waals surface area contributed by atoms with E-state index in [4.69, 9.17) is 0 Å². The minimum Gasteiger partial charge on any atom is -0.393 e. The first kappa shape index (κ1) is 20.9. The zero-order valence-electron chi connectivity index (χ0n) is 15.4. The average Bonchev–Trinajstić information content (AvgIpc) is 3.07. The van der Waals surface area contributed by atoms with Gasteiger partial charge in [-0.2, -0.15) is 0 Å². The van der Waals surface area contributed by atoms with E-state index in [-0.39, 0.29) is 18.2 Å². The summed E-state index contributed by atoms with van der Waals surface area (Å²) in [5, 5.41) is 23.4. The van der Waals surface area contributed by atoms with Gasteiger partial charge in [-0.1, -0.05) is 77.6 Å². The van der Waals surface area contributed by atoms with Gasteiger partial charge < -0.3 is 15.5 Å². The van der Waals surface area contributed by atoms with Crippen molar-refractivity contribution >= 4 is 0 Å². The summed E-state index contributed by atoms with van der Waals surface area (Å²) in [6.07, 6.45) is 17.6. The molecule has 3 nitrogen and oxygen atoms in total. The first-order chi connectivity index (χ1) is 11.2. The lowest BCUT2D eigenvalue weighted by molar-refractivity contribution is 0.0557. The Hall–Kier alpha value is -0.120. The third kappa shape index (κ3) is 11.1. The van der Waals surface area contributed by atoms with Crippen LogP contribution < -0.4 is 5.32 Å². The molecule has 0 aliphatic carbocycles. The Morgan fingerprint density at radius 3 is 1.96 bits per heavy atom.